The minimum atomic E-state index is -0.679. The molecular formula is C26H24N2O3. The Morgan fingerprint density at radius 2 is 1.71 bits per heavy atom. The minimum absolute atomic E-state index is 0.109. The van der Waals surface area contributed by atoms with Crippen LogP contribution in [-0.2, 0) is 16.1 Å². The van der Waals surface area contributed by atoms with Crippen LogP contribution in [0.1, 0.15) is 48.1 Å². The number of pyridine rings is 1. The van der Waals surface area contributed by atoms with Gasteiger partial charge in [0, 0.05) is 24.5 Å². The predicted molar refractivity (Wildman–Crippen MR) is 119 cm³/mol. The number of ketones is 1. The second kappa shape index (κ2) is 8.56. The van der Waals surface area contributed by atoms with Crippen LogP contribution in [0.15, 0.2) is 84.7 Å². The molecule has 0 saturated carbocycles. The molecule has 1 unspecified atom stereocenters. The highest BCUT2D eigenvalue weighted by Crippen LogP contribution is 2.40. The molecule has 5 heteroatoms. The van der Waals surface area contributed by atoms with Gasteiger partial charge in [-0.05, 0) is 28.7 Å². The molecule has 1 aliphatic heterocycles. The molecule has 1 saturated heterocycles. The minimum Gasteiger partial charge on any atom is -0.507 e. The average Bonchev–Trinajstić information content (AvgIpc) is 3.05. The molecule has 1 N–H and O–H groups in total. The Morgan fingerprint density at radius 1 is 1.00 bits per heavy atom. The number of hydrogen-bond donors (Lipinski definition) is 1. The normalized spacial score (nSPS) is 18.0. The monoisotopic (exact) mass is 412 g/mol. The number of likely N-dealkylation sites (tertiary alicyclic amines) is 1. The third-order valence-electron chi connectivity index (χ3n) is 5.58. The van der Waals surface area contributed by atoms with Crippen molar-refractivity contribution in [3.63, 3.8) is 0 Å². The van der Waals surface area contributed by atoms with E-state index in [1.54, 1.807) is 42.7 Å². The summed E-state index contributed by atoms with van der Waals surface area (Å²) in [6.45, 7) is 4.44. The zero-order chi connectivity index (χ0) is 22.0. The van der Waals surface area contributed by atoms with Crippen molar-refractivity contribution >= 4 is 17.4 Å². The predicted octanol–water partition coefficient (Wildman–Crippen LogP) is 4.83. The third-order valence-corrected chi connectivity index (χ3v) is 5.58. The average molecular weight is 412 g/mol. The van der Waals surface area contributed by atoms with E-state index in [9.17, 15) is 14.7 Å². The number of aliphatic hydroxyl groups is 1. The highest BCUT2D eigenvalue weighted by atomic mass is 16.3. The Bertz CT molecular complexity index is 1120. The first kappa shape index (κ1) is 20.5. The fourth-order valence-electron chi connectivity index (χ4n) is 3.89. The first-order chi connectivity index (χ1) is 15.0. The third kappa shape index (κ3) is 3.99. The van der Waals surface area contributed by atoms with E-state index in [0.717, 1.165) is 16.7 Å². The molecule has 4 rings (SSSR count). The largest absolute Gasteiger partial charge is 0.507 e. The van der Waals surface area contributed by atoms with Gasteiger partial charge in [-0.3, -0.25) is 14.6 Å². The van der Waals surface area contributed by atoms with Crippen molar-refractivity contribution in [2.75, 3.05) is 0 Å². The first-order valence-corrected chi connectivity index (χ1v) is 10.3. The van der Waals surface area contributed by atoms with E-state index in [-0.39, 0.29) is 17.9 Å². The van der Waals surface area contributed by atoms with Gasteiger partial charge < -0.3 is 10.0 Å². The van der Waals surface area contributed by atoms with Gasteiger partial charge in [0.1, 0.15) is 5.76 Å². The standard InChI is InChI=1S/C26H24N2O3/c1-17(2)19-10-12-20(13-11-19)23-22(24(29)21-8-4-3-5-9-21)25(30)26(31)28(23)16-18-7-6-14-27-15-18/h3-15,17,23,29H,16H2,1-2H3/b24-22-. The topological polar surface area (TPSA) is 70.5 Å². The number of carbonyl (C=O) groups is 2. The number of rotatable bonds is 5. The lowest BCUT2D eigenvalue weighted by Crippen LogP contribution is -2.29. The van der Waals surface area contributed by atoms with Crippen LogP contribution in [0.2, 0.25) is 0 Å². The number of Topliss-reactive ketones (excluding diaryl/α,β-unsaturated/α-hetero) is 1. The van der Waals surface area contributed by atoms with Crippen molar-refractivity contribution in [3.05, 3.63) is 107 Å². The zero-order valence-corrected chi connectivity index (χ0v) is 17.5. The summed E-state index contributed by atoms with van der Waals surface area (Å²) in [5.74, 6) is -1.10. The van der Waals surface area contributed by atoms with E-state index < -0.39 is 17.7 Å². The molecule has 2 heterocycles. The zero-order valence-electron chi connectivity index (χ0n) is 17.5. The van der Waals surface area contributed by atoms with Crippen LogP contribution in [0, 0.1) is 0 Å². The summed E-state index contributed by atoms with van der Waals surface area (Å²) in [6, 6.07) is 19.7. The maximum Gasteiger partial charge on any atom is 0.295 e. The summed E-state index contributed by atoms with van der Waals surface area (Å²) in [5, 5.41) is 11.0. The number of carbonyl (C=O) groups excluding carboxylic acids is 2. The number of hydrogen-bond acceptors (Lipinski definition) is 4. The van der Waals surface area contributed by atoms with E-state index in [1.165, 1.54) is 4.90 Å². The Balaban J connectivity index is 1.84. The number of benzene rings is 2. The summed E-state index contributed by atoms with van der Waals surface area (Å²) >= 11 is 0. The molecule has 5 nitrogen and oxygen atoms in total. The lowest BCUT2D eigenvalue weighted by atomic mass is 9.93. The fourth-order valence-corrected chi connectivity index (χ4v) is 3.89. The lowest BCUT2D eigenvalue weighted by Gasteiger charge is -2.25. The molecule has 2 aromatic carbocycles. The molecule has 31 heavy (non-hydrogen) atoms. The number of amides is 1. The molecule has 1 atom stereocenters. The van der Waals surface area contributed by atoms with Crippen LogP contribution >= 0.6 is 0 Å². The van der Waals surface area contributed by atoms with Crippen LogP contribution in [0.4, 0.5) is 0 Å². The molecule has 156 valence electrons. The maximum absolute atomic E-state index is 13.1. The summed E-state index contributed by atoms with van der Waals surface area (Å²) in [7, 11) is 0. The van der Waals surface area contributed by atoms with E-state index in [4.69, 9.17) is 0 Å². The van der Waals surface area contributed by atoms with Crippen molar-refractivity contribution in [1.82, 2.24) is 9.88 Å². The van der Waals surface area contributed by atoms with E-state index >= 15 is 0 Å². The number of aromatic nitrogens is 1. The smallest absolute Gasteiger partial charge is 0.295 e. The molecule has 3 aromatic rings. The highest BCUT2D eigenvalue weighted by Gasteiger charge is 2.46. The van der Waals surface area contributed by atoms with Gasteiger partial charge in [0.05, 0.1) is 11.6 Å². The summed E-state index contributed by atoms with van der Waals surface area (Å²) in [5.41, 5.74) is 3.37. The van der Waals surface area contributed by atoms with Gasteiger partial charge in [-0.1, -0.05) is 74.5 Å². The van der Waals surface area contributed by atoms with Crippen molar-refractivity contribution in [2.24, 2.45) is 0 Å². The Hall–Kier alpha value is -3.73. The van der Waals surface area contributed by atoms with Crippen molar-refractivity contribution in [2.45, 2.75) is 32.4 Å². The quantitative estimate of drug-likeness (QED) is 0.370. The van der Waals surface area contributed by atoms with Gasteiger partial charge in [0.2, 0.25) is 0 Å². The van der Waals surface area contributed by atoms with E-state index in [1.807, 2.05) is 36.4 Å². The molecule has 0 spiro atoms. The molecule has 1 amide bonds. The molecule has 1 fully saturated rings. The molecule has 0 aliphatic carbocycles. The SMILES string of the molecule is CC(C)c1ccc(C2/C(=C(/O)c3ccccc3)C(=O)C(=O)N2Cc2cccnc2)cc1. The highest BCUT2D eigenvalue weighted by molar-refractivity contribution is 6.46. The fraction of sp³-hybridized carbons (Fsp3) is 0.192. The van der Waals surface area contributed by atoms with Gasteiger partial charge in [0.15, 0.2) is 0 Å². The van der Waals surface area contributed by atoms with Crippen LogP contribution in [0.5, 0.6) is 0 Å². The van der Waals surface area contributed by atoms with Crippen molar-refractivity contribution in [1.29, 1.82) is 0 Å². The van der Waals surface area contributed by atoms with Gasteiger partial charge in [0.25, 0.3) is 11.7 Å². The van der Waals surface area contributed by atoms with Crippen LogP contribution in [0.3, 0.4) is 0 Å². The summed E-state index contributed by atoms with van der Waals surface area (Å²) < 4.78 is 0. The maximum atomic E-state index is 13.1. The van der Waals surface area contributed by atoms with Crippen LogP contribution in [0.25, 0.3) is 5.76 Å². The Morgan fingerprint density at radius 3 is 2.32 bits per heavy atom. The van der Waals surface area contributed by atoms with Crippen LogP contribution in [-0.4, -0.2) is 26.7 Å². The van der Waals surface area contributed by atoms with Gasteiger partial charge in [-0.15, -0.1) is 0 Å². The summed E-state index contributed by atoms with van der Waals surface area (Å²) in [4.78, 5) is 31.7. The molecule has 0 bridgehead atoms. The Labute approximate surface area is 181 Å². The van der Waals surface area contributed by atoms with Crippen molar-refractivity contribution in [3.8, 4) is 0 Å². The number of nitrogens with zero attached hydrogens (tertiary/aromatic N) is 2. The second-order valence-electron chi connectivity index (χ2n) is 7.98. The lowest BCUT2D eigenvalue weighted by molar-refractivity contribution is -0.140. The number of aliphatic hydroxyl groups excluding tert-OH is 1. The van der Waals surface area contributed by atoms with Gasteiger partial charge in [-0.2, -0.15) is 0 Å². The van der Waals surface area contributed by atoms with Gasteiger partial charge >= 0.3 is 0 Å². The Kier molecular flexibility index (Phi) is 5.67. The van der Waals surface area contributed by atoms with Gasteiger partial charge in [-0.25, -0.2) is 0 Å². The van der Waals surface area contributed by atoms with Crippen LogP contribution < -0.4 is 0 Å². The molecule has 0 radical (unpaired) electrons. The van der Waals surface area contributed by atoms with Crippen molar-refractivity contribution < 1.29 is 14.7 Å². The first-order valence-electron chi connectivity index (χ1n) is 10.3. The molecular weight excluding hydrogens is 388 g/mol. The molecule has 1 aromatic heterocycles. The second-order valence-corrected chi connectivity index (χ2v) is 7.98. The summed E-state index contributed by atoms with van der Waals surface area (Å²) in [6.07, 6.45) is 3.34. The van der Waals surface area contributed by atoms with E-state index in [2.05, 4.69) is 18.8 Å². The van der Waals surface area contributed by atoms with E-state index in [0.29, 0.717) is 11.5 Å². The molecule has 1 aliphatic rings.